The number of carbonyl (C=O) groups is 2. The first-order valence-corrected chi connectivity index (χ1v) is 8.06. The van der Waals surface area contributed by atoms with E-state index in [1.165, 1.54) is 38.5 Å². The molecule has 4 nitrogen and oxygen atoms in total. The summed E-state index contributed by atoms with van der Waals surface area (Å²) in [6.07, 6.45) is 14.1. The van der Waals surface area contributed by atoms with E-state index in [1.807, 2.05) is 0 Å². The summed E-state index contributed by atoms with van der Waals surface area (Å²) < 4.78 is 0. The minimum atomic E-state index is -0.687. The van der Waals surface area contributed by atoms with Gasteiger partial charge in [0.25, 0.3) is 0 Å². The molecule has 0 heterocycles. The zero-order valence-corrected chi connectivity index (χ0v) is 20.9. The largest absolute Gasteiger partial charge is 1.00 e. The summed E-state index contributed by atoms with van der Waals surface area (Å²) in [5.41, 5.74) is 0. The quantitative estimate of drug-likeness (QED) is 0.284. The summed E-state index contributed by atoms with van der Waals surface area (Å²) in [4.78, 5) is 20.6. The Morgan fingerprint density at radius 2 is 0.682 bits per heavy atom. The molecular formula is C16H32K2O4. The van der Waals surface area contributed by atoms with E-state index in [9.17, 15) is 9.59 Å². The van der Waals surface area contributed by atoms with Crippen LogP contribution in [0.4, 0.5) is 0 Å². The molecule has 122 valence electrons. The Morgan fingerprint density at radius 3 is 0.864 bits per heavy atom. The van der Waals surface area contributed by atoms with Crippen molar-refractivity contribution in [2.24, 2.45) is 0 Å². The van der Waals surface area contributed by atoms with Crippen LogP contribution < -0.4 is 103 Å². The van der Waals surface area contributed by atoms with Gasteiger partial charge in [-0.05, 0) is 12.8 Å². The fraction of sp³-hybridized carbons (Fsp3) is 0.875. The molecule has 0 amide bonds. The van der Waals surface area contributed by atoms with Crippen LogP contribution >= 0.6 is 0 Å². The average Bonchev–Trinajstić information content (AvgIpc) is 2.38. The minimum absolute atomic E-state index is 0. The van der Waals surface area contributed by atoms with Crippen LogP contribution in [0.5, 0.6) is 0 Å². The monoisotopic (exact) mass is 366 g/mol. The summed E-state index contributed by atoms with van der Waals surface area (Å²) >= 11 is 0. The molecule has 0 spiro atoms. The molecule has 0 fully saturated rings. The Kier molecular flexibility index (Phi) is 30.6. The molecule has 0 radical (unpaired) electrons. The molecule has 0 aromatic rings. The van der Waals surface area contributed by atoms with Gasteiger partial charge in [0.15, 0.2) is 0 Å². The van der Waals surface area contributed by atoms with Gasteiger partial charge in [-0.25, -0.2) is 0 Å². The van der Waals surface area contributed by atoms with E-state index in [0.29, 0.717) is 12.8 Å². The van der Waals surface area contributed by atoms with Gasteiger partial charge in [0.1, 0.15) is 0 Å². The summed E-state index contributed by atoms with van der Waals surface area (Å²) in [5, 5.41) is 17.0. The molecule has 2 N–H and O–H groups in total. The number of hydrogen-bond acceptors (Lipinski definition) is 2. The van der Waals surface area contributed by atoms with Crippen LogP contribution in [-0.4, -0.2) is 22.2 Å². The second-order valence-corrected chi connectivity index (χ2v) is 5.53. The van der Waals surface area contributed by atoms with Crippen molar-refractivity contribution in [3.8, 4) is 0 Å². The van der Waals surface area contributed by atoms with Gasteiger partial charge in [-0.1, -0.05) is 64.2 Å². The Hall–Kier alpha value is 2.21. The molecule has 0 saturated carbocycles. The predicted molar refractivity (Wildman–Crippen MR) is 82.1 cm³/mol. The van der Waals surface area contributed by atoms with E-state index >= 15 is 0 Å². The molecule has 22 heavy (non-hydrogen) atoms. The van der Waals surface area contributed by atoms with Gasteiger partial charge in [0, 0.05) is 12.8 Å². The fourth-order valence-corrected chi connectivity index (χ4v) is 2.32. The molecular weight excluding hydrogens is 334 g/mol. The molecule has 6 heteroatoms. The maximum absolute atomic E-state index is 10.3. The number of rotatable bonds is 15. The molecule has 0 atom stereocenters. The van der Waals surface area contributed by atoms with Crippen molar-refractivity contribution in [1.29, 1.82) is 0 Å². The van der Waals surface area contributed by atoms with E-state index in [4.69, 9.17) is 10.2 Å². The topological polar surface area (TPSA) is 74.6 Å². The fourth-order valence-electron chi connectivity index (χ4n) is 2.32. The van der Waals surface area contributed by atoms with Crippen molar-refractivity contribution in [2.75, 3.05) is 0 Å². The van der Waals surface area contributed by atoms with Crippen molar-refractivity contribution in [3.05, 3.63) is 0 Å². The summed E-state index contributed by atoms with van der Waals surface area (Å²) in [6, 6.07) is 0. The SMILES string of the molecule is O=C(O)CCCCCCCCCCCCCCC(=O)O.[H-].[H-].[K+].[K+]. The van der Waals surface area contributed by atoms with Crippen molar-refractivity contribution in [3.63, 3.8) is 0 Å². The van der Waals surface area contributed by atoms with Gasteiger partial charge < -0.3 is 13.1 Å². The number of hydrogen-bond donors (Lipinski definition) is 2. The third-order valence-electron chi connectivity index (χ3n) is 3.53. The molecule has 0 aromatic heterocycles. The molecule has 0 aliphatic heterocycles. The average molecular weight is 367 g/mol. The second-order valence-electron chi connectivity index (χ2n) is 5.53. The number of aliphatic carboxylic acids is 2. The summed E-state index contributed by atoms with van der Waals surface area (Å²) in [5.74, 6) is -1.37. The van der Waals surface area contributed by atoms with Gasteiger partial charge in [-0.15, -0.1) is 0 Å². The van der Waals surface area contributed by atoms with Crippen molar-refractivity contribution < 1.29 is 125 Å². The zero-order valence-electron chi connectivity index (χ0n) is 16.6. The maximum Gasteiger partial charge on any atom is 1.00 e. The molecule has 0 rings (SSSR count). The minimum Gasteiger partial charge on any atom is -1.00 e. The van der Waals surface area contributed by atoms with Crippen LogP contribution in [0.1, 0.15) is 92.7 Å². The molecule has 0 aromatic carbocycles. The zero-order chi connectivity index (χ0) is 15.1. The maximum atomic E-state index is 10.3. The third-order valence-corrected chi connectivity index (χ3v) is 3.53. The first kappa shape index (κ1) is 29.0. The van der Waals surface area contributed by atoms with Crippen LogP contribution in [0.15, 0.2) is 0 Å². The van der Waals surface area contributed by atoms with Crippen LogP contribution in [0, 0.1) is 0 Å². The van der Waals surface area contributed by atoms with Gasteiger partial charge in [0.2, 0.25) is 0 Å². The summed E-state index contributed by atoms with van der Waals surface area (Å²) in [7, 11) is 0. The van der Waals surface area contributed by atoms with Crippen molar-refractivity contribution in [2.45, 2.75) is 89.9 Å². The standard InChI is InChI=1S/C16H30O4.2K.2H/c17-15(18)13-11-9-7-5-3-1-2-4-6-8-10-12-14-16(19)20;;;;/h1-14H2,(H,17,18)(H,19,20);;;;/q;2*+1;2*-1. The normalized spacial score (nSPS) is 9.64. The summed E-state index contributed by atoms with van der Waals surface area (Å²) in [6.45, 7) is 0. The molecule has 0 unspecified atom stereocenters. The number of carboxylic acids is 2. The second kappa shape index (κ2) is 23.2. The smallest absolute Gasteiger partial charge is 1.00 e. The van der Waals surface area contributed by atoms with Gasteiger partial charge in [-0.2, -0.15) is 0 Å². The van der Waals surface area contributed by atoms with Gasteiger partial charge in [-0.3, -0.25) is 9.59 Å². The Labute approximate surface area is 223 Å². The first-order valence-electron chi connectivity index (χ1n) is 8.06. The van der Waals surface area contributed by atoms with E-state index in [0.717, 1.165) is 38.5 Å². The van der Waals surface area contributed by atoms with E-state index in [1.54, 1.807) is 0 Å². The molecule has 0 bridgehead atoms. The Morgan fingerprint density at radius 1 is 0.500 bits per heavy atom. The molecule has 0 aliphatic carbocycles. The van der Waals surface area contributed by atoms with E-state index in [2.05, 4.69) is 0 Å². The van der Waals surface area contributed by atoms with Crippen molar-refractivity contribution >= 4 is 11.9 Å². The van der Waals surface area contributed by atoms with Gasteiger partial charge >= 0.3 is 115 Å². The number of unbranched alkanes of at least 4 members (excludes halogenated alkanes) is 11. The van der Waals surface area contributed by atoms with E-state index < -0.39 is 11.9 Å². The third kappa shape index (κ3) is 27.1. The number of carboxylic acid groups (broad SMARTS) is 2. The Bertz CT molecular complexity index is 244. The Balaban J connectivity index is -0.000000301. The van der Waals surface area contributed by atoms with Gasteiger partial charge in [0.05, 0.1) is 0 Å². The van der Waals surface area contributed by atoms with E-state index in [-0.39, 0.29) is 106 Å². The first-order chi connectivity index (χ1) is 9.63. The molecule has 0 aliphatic rings. The van der Waals surface area contributed by atoms with Crippen LogP contribution in [0.2, 0.25) is 0 Å². The van der Waals surface area contributed by atoms with Crippen molar-refractivity contribution in [1.82, 2.24) is 0 Å². The van der Waals surface area contributed by atoms with Crippen LogP contribution in [0.3, 0.4) is 0 Å². The van der Waals surface area contributed by atoms with Crippen LogP contribution in [-0.2, 0) is 9.59 Å². The van der Waals surface area contributed by atoms with Crippen LogP contribution in [0.25, 0.3) is 0 Å². The predicted octanol–water partition coefficient (Wildman–Crippen LogP) is -1.15. The molecule has 0 saturated heterocycles.